The van der Waals surface area contributed by atoms with Crippen molar-refractivity contribution in [2.24, 2.45) is 0 Å². The summed E-state index contributed by atoms with van der Waals surface area (Å²) in [6.45, 7) is 2.08. The van der Waals surface area contributed by atoms with Gasteiger partial charge in [0.2, 0.25) is 0 Å². The van der Waals surface area contributed by atoms with E-state index in [2.05, 4.69) is 52.0 Å². The van der Waals surface area contributed by atoms with E-state index in [-0.39, 0.29) is 5.97 Å². The van der Waals surface area contributed by atoms with E-state index in [1.54, 1.807) is 17.8 Å². The minimum atomic E-state index is -0.333. The van der Waals surface area contributed by atoms with Crippen molar-refractivity contribution in [3.05, 3.63) is 107 Å². The van der Waals surface area contributed by atoms with Gasteiger partial charge in [-0.15, -0.1) is 10.2 Å². The highest BCUT2D eigenvalue weighted by Crippen LogP contribution is 2.27. The van der Waals surface area contributed by atoms with Crippen LogP contribution in [0, 0.1) is 6.92 Å². The Labute approximate surface area is 186 Å². The average Bonchev–Trinajstić information content (AvgIpc) is 3.20. The standard InChI is InChI=1S/C25H23N3O2S/c1-18-8-6-13-22(14-18)28-23(16-19-9-4-3-5-10-19)26-27-25(28)31-17-20-11-7-12-21(15-20)24(29)30-2/h3-15H,16-17H2,1-2H3. The van der Waals surface area contributed by atoms with Gasteiger partial charge in [0, 0.05) is 17.9 Å². The van der Waals surface area contributed by atoms with Gasteiger partial charge in [0.25, 0.3) is 0 Å². The van der Waals surface area contributed by atoms with Crippen LogP contribution in [-0.2, 0) is 16.9 Å². The number of thioether (sulfide) groups is 1. The number of aryl methyl sites for hydroxylation is 1. The Morgan fingerprint density at radius 3 is 2.48 bits per heavy atom. The summed E-state index contributed by atoms with van der Waals surface area (Å²) < 4.78 is 6.95. The Morgan fingerprint density at radius 1 is 0.935 bits per heavy atom. The highest BCUT2D eigenvalue weighted by atomic mass is 32.2. The third-order valence-electron chi connectivity index (χ3n) is 4.88. The molecule has 0 unspecified atom stereocenters. The van der Waals surface area contributed by atoms with Gasteiger partial charge in [-0.1, -0.05) is 66.4 Å². The number of carbonyl (C=O) groups is 1. The van der Waals surface area contributed by atoms with Gasteiger partial charge in [-0.25, -0.2) is 4.79 Å². The number of esters is 1. The molecular formula is C25H23N3O2S. The Hall–Kier alpha value is -3.38. The van der Waals surface area contributed by atoms with Gasteiger partial charge >= 0.3 is 5.97 Å². The number of ether oxygens (including phenoxy) is 1. The molecule has 0 radical (unpaired) electrons. The van der Waals surface area contributed by atoms with Crippen LogP contribution in [0.3, 0.4) is 0 Å². The summed E-state index contributed by atoms with van der Waals surface area (Å²) in [6, 6.07) is 26.1. The summed E-state index contributed by atoms with van der Waals surface area (Å²) in [7, 11) is 1.39. The zero-order valence-corrected chi connectivity index (χ0v) is 18.3. The molecule has 5 nitrogen and oxygen atoms in total. The third-order valence-corrected chi connectivity index (χ3v) is 5.88. The van der Waals surface area contributed by atoms with E-state index < -0.39 is 0 Å². The Morgan fingerprint density at radius 2 is 1.71 bits per heavy atom. The first-order valence-corrected chi connectivity index (χ1v) is 11.0. The first-order chi connectivity index (χ1) is 15.1. The van der Waals surface area contributed by atoms with Crippen molar-refractivity contribution < 1.29 is 9.53 Å². The molecule has 0 aliphatic rings. The second-order valence-corrected chi connectivity index (χ2v) is 8.16. The average molecular weight is 430 g/mol. The lowest BCUT2D eigenvalue weighted by molar-refractivity contribution is 0.0600. The monoisotopic (exact) mass is 429 g/mol. The molecule has 4 aromatic rings. The van der Waals surface area contributed by atoms with Gasteiger partial charge in [0.1, 0.15) is 5.82 Å². The number of hydrogen-bond donors (Lipinski definition) is 0. The number of rotatable bonds is 7. The van der Waals surface area contributed by atoms with E-state index in [0.717, 1.165) is 22.2 Å². The maximum Gasteiger partial charge on any atom is 0.337 e. The van der Waals surface area contributed by atoms with Crippen molar-refractivity contribution in [1.82, 2.24) is 14.8 Å². The van der Waals surface area contributed by atoms with Crippen molar-refractivity contribution in [2.45, 2.75) is 24.3 Å². The fourth-order valence-electron chi connectivity index (χ4n) is 3.37. The van der Waals surface area contributed by atoms with E-state index in [1.165, 1.54) is 18.2 Å². The first-order valence-electron chi connectivity index (χ1n) is 9.99. The maximum absolute atomic E-state index is 11.8. The molecule has 1 aromatic heterocycles. The van der Waals surface area contributed by atoms with Crippen molar-refractivity contribution >= 4 is 17.7 Å². The summed E-state index contributed by atoms with van der Waals surface area (Å²) in [6.07, 6.45) is 0.695. The van der Waals surface area contributed by atoms with Crippen molar-refractivity contribution in [3.63, 3.8) is 0 Å². The lowest BCUT2D eigenvalue weighted by Crippen LogP contribution is -2.04. The molecular weight excluding hydrogens is 406 g/mol. The molecule has 1 heterocycles. The summed E-state index contributed by atoms with van der Waals surface area (Å²) >= 11 is 1.60. The number of carbonyl (C=O) groups excluding carboxylic acids is 1. The summed E-state index contributed by atoms with van der Waals surface area (Å²) in [5, 5.41) is 9.82. The van der Waals surface area contributed by atoms with Crippen molar-refractivity contribution in [3.8, 4) is 5.69 Å². The predicted octanol–water partition coefficient (Wildman–Crippen LogP) is 5.25. The van der Waals surface area contributed by atoms with Crippen LogP contribution in [0.2, 0.25) is 0 Å². The van der Waals surface area contributed by atoms with Crippen LogP contribution in [0.5, 0.6) is 0 Å². The van der Waals surface area contributed by atoms with Crippen LogP contribution in [0.1, 0.15) is 32.9 Å². The normalized spacial score (nSPS) is 10.8. The first kappa shape index (κ1) is 20.9. The molecule has 0 aliphatic carbocycles. The molecule has 0 atom stereocenters. The number of nitrogens with zero attached hydrogens (tertiary/aromatic N) is 3. The molecule has 156 valence electrons. The molecule has 0 spiro atoms. The fraction of sp³-hybridized carbons (Fsp3) is 0.160. The molecule has 4 rings (SSSR count). The number of methoxy groups -OCH3 is 1. The molecule has 0 saturated heterocycles. The van der Waals surface area contributed by atoms with Crippen LogP contribution >= 0.6 is 11.8 Å². The SMILES string of the molecule is COC(=O)c1cccc(CSc2nnc(Cc3ccccc3)n2-c2cccc(C)c2)c1. The summed E-state index contributed by atoms with van der Waals surface area (Å²) in [5.74, 6) is 1.22. The Kier molecular flexibility index (Phi) is 6.48. The minimum Gasteiger partial charge on any atom is -0.465 e. The summed E-state index contributed by atoms with van der Waals surface area (Å²) in [5.41, 5.74) is 4.98. The molecule has 6 heteroatoms. The zero-order chi connectivity index (χ0) is 21.6. The molecule has 0 bridgehead atoms. The van der Waals surface area contributed by atoms with Gasteiger partial charge in [-0.05, 0) is 47.9 Å². The lowest BCUT2D eigenvalue weighted by atomic mass is 10.1. The molecule has 0 fully saturated rings. The largest absolute Gasteiger partial charge is 0.465 e. The molecule has 0 amide bonds. The van der Waals surface area contributed by atoms with Crippen LogP contribution in [0.25, 0.3) is 5.69 Å². The van der Waals surface area contributed by atoms with Crippen molar-refractivity contribution in [2.75, 3.05) is 7.11 Å². The number of aromatic nitrogens is 3. The highest BCUT2D eigenvalue weighted by Gasteiger charge is 2.16. The van der Waals surface area contributed by atoms with Gasteiger partial charge in [-0.2, -0.15) is 0 Å². The van der Waals surface area contributed by atoms with Gasteiger partial charge < -0.3 is 4.74 Å². The Bertz CT molecular complexity index is 1190. The van der Waals surface area contributed by atoms with E-state index in [4.69, 9.17) is 4.74 Å². The van der Waals surface area contributed by atoms with Crippen LogP contribution < -0.4 is 0 Å². The topological polar surface area (TPSA) is 57.0 Å². The van der Waals surface area contributed by atoms with E-state index in [1.807, 2.05) is 42.5 Å². The number of benzene rings is 3. The molecule has 31 heavy (non-hydrogen) atoms. The summed E-state index contributed by atoms with van der Waals surface area (Å²) in [4.78, 5) is 11.8. The second kappa shape index (κ2) is 9.62. The molecule has 0 N–H and O–H groups in total. The van der Waals surface area contributed by atoms with E-state index in [0.29, 0.717) is 17.7 Å². The van der Waals surface area contributed by atoms with Crippen LogP contribution in [0.15, 0.2) is 84.0 Å². The molecule has 0 saturated carbocycles. The lowest BCUT2D eigenvalue weighted by Gasteiger charge is -2.11. The number of hydrogen-bond acceptors (Lipinski definition) is 5. The van der Waals surface area contributed by atoms with Gasteiger partial charge in [0.15, 0.2) is 5.16 Å². The van der Waals surface area contributed by atoms with Gasteiger partial charge in [-0.3, -0.25) is 4.57 Å². The zero-order valence-electron chi connectivity index (χ0n) is 17.5. The quantitative estimate of drug-likeness (QED) is 0.297. The van der Waals surface area contributed by atoms with Crippen LogP contribution in [0.4, 0.5) is 0 Å². The van der Waals surface area contributed by atoms with Gasteiger partial charge in [0.05, 0.1) is 12.7 Å². The van der Waals surface area contributed by atoms with Crippen molar-refractivity contribution in [1.29, 1.82) is 0 Å². The fourth-order valence-corrected chi connectivity index (χ4v) is 4.28. The third kappa shape index (κ3) is 5.03. The second-order valence-electron chi connectivity index (χ2n) is 7.22. The van der Waals surface area contributed by atoms with Crippen LogP contribution in [-0.4, -0.2) is 27.8 Å². The Balaban J connectivity index is 1.64. The molecule has 3 aromatic carbocycles. The van der Waals surface area contributed by atoms with E-state index in [9.17, 15) is 4.79 Å². The smallest absolute Gasteiger partial charge is 0.337 e. The predicted molar refractivity (Wildman–Crippen MR) is 123 cm³/mol. The highest BCUT2D eigenvalue weighted by molar-refractivity contribution is 7.98. The van der Waals surface area contributed by atoms with E-state index >= 15 is 0 Å². The molecule has 0 aliphatic heterocycles. The maximum atomic E-state index is 11.8. The minimum absolute atomic E-state index is 0.333.